The molecule has 1 aromatic rings. The molecule has 0 aromatic heterocycles. The van der Waals surface area contributed by atoms with Crippen molar-refractivity contribution in [1.29, 1.82) is 5.26 Å². The molecule has 0 spiro atoms. The highest BCUT2D eigenvalue weighted by atomic mass is 32.2. The summed E-state index contributed by atoms with van der Waals surface area (Å²) >= 11 is 1.10. The van der Waals surface area contributed by atoms with Gasteiger partial charge in [0.2, 0.25) is 0 Å². The number of nitriles is 1. The monoisotopic (exact) mass is 289 g/mol. The number of methoxy groups -OCH3 is 1. The maximum atomic E-state index is 12.7. The van der Waals surface area contributed by atoms with Crippen LogP contribution in [0, 0.1) is 16.6 Å². The number of ether oxygens (including phenoxy) is 1. The van der Waals surface area contributed by atoms with E-state index in [0.717, 1.165) is 23.9 Å². The van der Waals surface area contributed by atoms with Gasteiger partial charge in [-0.15, -0.1) is 0 Å². The van der Waals surface area contributed by atoms with Crippen molar-refractivity contribution in [2.45, 2.75) is 19.5 Å². The first kappa shape index (κ1) is 15.7. The lowest BCUT2D eigenvalue weighted by atomic mass is 9.99. The zero-order valence-corrected chi connectivity index (χ0v) is 11.4. The summed E-state index contributed by atoms with van der Waals surface area (Å²) < 4.78 is 43.0. The van der Waals surface area contributed by atoms with E-state index in [4.69, 9.17) is 10.00 Å². The van der Waals surface area contributed by atoms with Crippen molar-refractivity contribution in [3.63, 3.8) is 0 Å². The van der Waals surface area contributed by atoms with Crippen LogP contribution in [0.1, 0.15) is 18.1 Å². The predicted molar refractivity (Wildman–Crippen MR) is 68.9 cm³/mol. The fourth-order valence-electron chi connectivity index (χ4n) is 1.73. The van der Waals surface area contributed by atoms with Gasteiger partial charge in [0.05, 0.1) is 12.7 Å². The molecule has 0 aliphatic rings. The van der Waals surface area contributed by atoms with Crippen LogP contribution >= 0.6 is 11.8 Å². The molecule has 0 radical (unpaired) electrons. The first-order valence-electron chi connectivity index (χ1n) is 5.63. The number of alkyl halides is 3. The molecule has 0 N–H and O–H groups in total. The standard InChI is InChI=1S/C13H14F3NOS/c1-9(7-19-8-17)5-10-6-11(13(14,15)16)3-4-12(10)18-2/h3-4,6,9H,5,7H2,1-2H3. The van der Waals surface area contributed by atoms with Crippen LogP contribution in [0.5, 0.6) is 5.75 Å². The predicted octanol–water partition coefficient (Wildman–Crippen LogP) is 4.11. The minimum absolute atomic E-state index is 0.0991. The molecule has 0 amide bonds. The van der Waals surface area contributed by atoms with Crippen LogP contribution in [0.4, 0.5) is 13.2 Å². The van der Waals surface area contributed by atoms with Gasteiger partial charge in [-0.05, 0) is 47.9 Å². The molecule has 1 atom stereocenters. The van der Waals surface area contributed by atoms with Gasteiger partial charge in [0.25, 0.3) is 0 Å². The van der Waals surface area contributed by atoms with Crippen molar-refractivity contribution >= 4 is 11.8 Å². The van der Waals surface area contributed by atoms with Crippen molar-refractivity contribution in [3.8, 4) is 11.2 Å². The fraction of sp³-hybridized carbons (Fsp3) is 0.462. The van der Waals surface area contributed by atoms with E-state index in [0.29, 0.717) is 23.5 Å². The summed E-state index contributed by atoms with van der Waals surface area (Å²) in [6.45, 7) is 1.89. The van der Waals surface area contributed by atoms with Gasteiger partial charge in [0, 0.05) is 5.75 Å². The summed E-state index contributed by atoms with van der Waals surface area (Å²) in [7, 11) is 1.43. The molecule has 104 valence electrons. The maximum absolute atomic E-state index is 12.7. The second-order valence-corrected chi connectivity index (χ2v) is 5.04. The third kappa shape index (κ3) is 4.67. The van der Waals surface area contributed by atoms with E-state index in [1.807, 2.05) is 12.3 Å². The normalized spacial score (nSPS) is 12.8. The second-order valence-electron chi connectivity index (χ2n) is 4.24. The molecule has 1 rings (SSSR count). The SMILES string of the molecule is COc1ccc(C(F)(F)F)cc1CC(C)CSC#N. The number of rotatable bonds is 5. The highest BCUT2D eigenvalue weighted by molar-refractivity contribution is 8.03. The summed E-state index contributed by atoms with van der Waals surface area (Å²) in [5.74, 6) is 1.12. The summed E-state index contributed by atoms with van der Waals surface area (Å²) in [6.07, 6.45) is -3.91. The molecule has 1 unspecified atom stereocenters. The lowest BCUT2D eigenvalue weighted by Gasteiger charge is -2.15. The maximum Gasteiger partial charge on any atom is 0.416 e. The minimum Gasteiger partial charge on any atom is -0.496 e. The number of benzene rings is 1. The van der Waals surface area contributed by atoms with Gasteiger partial charge in [0.15, 0.2) is 0 Å². The smallest absolute Gasteiger partial charge is 0.416 e. The Hall–Kier alpha value is -1.35. The van der Waals surface area contributed by atoms with Crippen LogP contribution < -0.4 is 4.74 Å². The van der Waals surface area contributed by atoms with E-state index in [9.17, 15) is 13.2 Å². The Labute approximate surface area is 114 Å². The van der Waals surface area contributed by atoms with Crippen molar-refractivity contribution < 1.29 is 17.9 Å². The third-order valence-electron chi connectivity index (χ3n) is 2.61. The molecule has 2 nitrogen and oxygen atoms in total. The Morgan fingerprint density at radius 1 is 1.42 bits per heavy atom. The Morgan fingerprint density at radius 2 is 2.11 bits per heavy atom. The number of hydrogen-bond donors (Lipinski definition) is 0. The summed E-state index contributed by atoms with van der Waals surface area (Å²) in [5, 5.41) is 10.4. The Kier molecular flexibility index (Phi) is 5.55. The Bertz CT molecular complexity index is 468. The van der Waals surface area contributed by atoms with Crippen LogP contribution in [-0.2, 0) is 12.6 Å². The molecular formula is C13H14F3NOS. The molecular weight excluding hydrogens is 275 g/mol. The van der Waals surface area contributed by atoms with Crippen LogP contribution in [0.25, 0.3) is 0 Å². The van der Waals surface area contributed by atoms with Crippen LogP contribution in [0.15, 0.2) is 18.2 Å². The number of thioether (sulfide) groups is 1. The van der Waals surface area contributed by atoms with Crippen LogP contribution in [0.2, 0.25) is 0 Å². The molecule has 1 aromatic carbocycles. The molecule has 0 bridgehead atoms. The third-order valence-corrected chi connectivity index (χ3v) is 3.47. The van der Waals surface area contributed by atoms with E-state index < -0.39 is 11.7 Å². The topological polar surface area (TPSA) is 33.0 Å². The second kappa shape index (κ2) is 6.71. The van der Waals surface area contributed by atoms with Crippen molar-refractivity contribution in [2.75, 3.05) is 12.9 Å². The van der Waals surface area contributed by atoms with Gasteiger partial charge < -0.3 is 4.74 Å². The van der Waals surface area contributed by atoms with Gasteiger partial charge in [-0.1, -0.05) is 6.92 Å². The summed E-state index contributed by atoms with van der Waals surface area (Å²) in [6, 6.07) is 3.46. The van der Waals surface area contributed by atoms with E-state index in [2.05, 4.69) is 0 Å². The number of thiocyanates is 1. The molecule has 6 heteroatoms. The van der Waals surface area contributed by atoms with Gasteiger partial charge in [-0.3, -0.25) is 0 Å². The summed E-state index contributed by atoms with van der Waals surface area (Å²) in [4.78, 5) is 0. The van der Waals surface area contributed by atoms with Crippen LogP contribution in [0.3, 0.4) is 0 Å². The largest absolute Gasteiger partial charge is 0.496 e. The Morgan fingerprint density at radius 3 is 2.63 bits per heavy atom. The molecule has 0 heterocycles. The molecule has 0 aliphatic carbocycles. The van der Waals surface area contributed by atoms with Crippen molar-refractivity contribution in [2.24, 2.45) is 5.92 Å². The minimum atomic E-state index is -4.36. The highest BCUT2D eigenvalue weighted by Crippen LogP contribution is 2.33. The lowest BCUT2D eigenvalue weighted by molar-refractivity contribution is -0.137. The van der Waals surface area contributed by atoms with Crippen LogP contribution in [-0.4, -0.2) is 12.9 Å². The fourth-order valence-corrected chi connectivity index (χ4v) is 2.21. The zero-order chi connectivity index (χ0) is 14.5. The molecule has 0 saturated carbocycles. The zero-order valence-electron chi connectivity index (χ0n) is 10.6. The van der Waals surface area contributed by atoms with E-state index >= 15 is 0 Å². The molecule has 0 fully saturated rings. The number of hydrogen-bond acceptors (Lipinski definition) is 3. The number of nitrogens with zero attached hydrogens (tertiary/aromatic N) is 1. The average molecular weight is 289 g/mol. The van der Waals surface area contributed by atoms with Gasteiger partial charge in [0.1, 0.15) is 11.2 Å². The molecule has 19 heavy (non-hydrogen) atoms. The first-order chi connectivity index (χ1) is 8.88. The average Bonchev–Trinajstić information content (AvgIpc) is 2.35. The first-order valence-corrected chi connectivity index (χ1v) is 6.62. The van der Waals surface area contributed by atoms with Gasteiger partial charge >= 0.3 is 6.18 Å². The lowest BCUT2D eigenvalue weighted by Crippen LogP contribution is -2.09. The van der Waals surface area contributed by atoms with Crippen molar-refractivity contribution in [3.05, 3.63) is 29.3 Å². The summed E-state index contributed by atoms with van der Waals surface area (Å²) in [5.41, 5.74) is -0.160. The highest BCUT2D eigenvalue weighted by Gasteiger charge is 2.31. The molecule has 0 saturated heterocycles. The molecule has 0 aliphatic heterocycles. The quantitative estimate of drug-likeness (QED) is 0.765. The van der Waals surface area contributed by atoms with Gasteiger partial charge in [-0.2, -0.15) is 18.4 Å². The van der Waals surface area contributed by atoms with E-state index in [-0.39, 0.29) is 5.92 Å². The van der Waals surface area contributed by atoms with Crippen molar-refractivity contribution in [1.82, 2.24) is 0 Å². The van der Waals surface area contributed by atoms with E-state index in [1.54, 1.807) is 0 Å². The van der Waals surface area contributed by atoms with E-state index in [1.165, 1.54) is 13.2 Å². The van der Waals surface area contributed by atoms with Gasteiger partial charge in [-0.25, -0.2) is 0 Å². The Balaban J connectivity index is 2.94. The number of halogens is 3.